The van der Waals surface area contributed by atoms with Gasteiger partial charge in [0.05, 0.1) is 17.5 Å². The summed E-state index contributed by atoms with van der Waals surface area (Å²) in [6, 6.07) is 0.612. The van der Waals surface area contributed by atoms with Gasteiger partial charge in [-0.2, -0.15) is 10.1 Å². The van der Waals surface area contributed by atoms with E-state index in [-0.39, 0.29) is 0 Å². The maximum atomic E-state index is 11.2. The van der Waals surface area contributed by atoms with Crippen LogP contribution >= 0.6 is 11.3 Å². The highest BCUT2D eigenvalue weighted by Crippen LogP contribution is 2.23. The van der Waals surface area contributed by atoms with E-state index >= 15 is 0 Å². The van der Waals surface area contributed by atoms with Gasteiger partial charge in [0.25, 0.3) is 5.91 Å². The van der Waals surface area contributed by atoms with Crippen molar-refractivity contribution in [2.45, 2.75) is 25.4 Å². The first-order valence-corrected chi connectivity index (χ1v) is 7.63. The first kappa shape index (κ1) is 12.5. The first-order chi connectivity index (χ1) is 10.2. The lowest BCUT2D eigenvalue weighted by molar-refractivity contribution is 0.100. The molecule has 3 heterocycles. The summed E-state index contributed by atoms with van der Waals surface area (Å²) in [5.74, 6) is 0.252. The molecule has 3 N–H and O–H groups in total. The highest BCUT2D eigenvalue weighted by atomic mass is 32.1. The predicted molar refractivity (Wildman–Crippen MR) is 78.6 cm³/mol. The Morgan fingerprint density at radius 3 is 3.10 bits per heavy atom. The molecule has 1 aliphatic rings. The Morgan fingerprint density at radius 2 is 2.38 bits per heavy atom. The van der Waals surface area contributed by atoms with E-state index in [2.05, 4.69) is 19.8 Å². The highest BCUT2D eigenvalue weighted by molar-refractivity contribution is 7.15. The number of carbonyl (C=O) groups is 1. The van der Waals surface area contributed by atoms with Crippen LogP contribution < -0.4 is 11.1 Å². The number of primary amides is 1. The zero-order chi connectivity index (χ0) is 14.4. The fourth-order valence-electron chi connectivity index (χ4n) is 2.26. The highest BCUT2D eigenvalue weighted by Gasteiger charge is 2.23. The number of nitrogens with zero attached hydrogens (tertiary/aromatic N) is 4. The maximum absolute atomic E-state index is 11.2. The monoisotopic (exact) mass is 302 g/mol. The Labute approximate surface area is 124 Å². The number of nitrogens with two attached hydrogens (primary N) is 1. The van der Waals surface area contributed by atoms with Crippen molar-refractivity contribution in [3.05, 3.63) is 35.2 Å². The van der Waals surface area contributed by atoms with Crippen LogP contribution in [0.5, 0.6) is 0 Å². The molecule has 0 saturated heterocycles. The number of imidazole rings is 1. The average molecular weight is 302 g/mol. The van der Waals surface area contributed by atoms with E-state index in [0.717, 1.165) is 23.0 Å². The molecule has 21 heavy (non-hydrogen) atoms. The SMILES string of the molecule is NC(=O)c1cnn(-c2nc3sccn3c2CNC2CC2)c1. The fraction of sp³-hybridized carbons (Fsp3) is 0.308. The van der Waals surface area contributed by atoms with Crippen molar-refractivity contribution in [1.29, 1.82) is 0 Å². The normalized spacial score (nSPS) is 14.9. The Bertz CT molecular complexity index is 812. The molecular formula is C13H14N6OS. The second-order valence-electron chi connectivity index (χ2n) is 5.13. The third-order valence-corrected chi connectivity index (χ3v) is 4.32. The van der Waals surface area contributed by atoms with E-state index in [0.29, 0.717) is 11.6 Å². The standard InChI is InChI=1S/C13H14N6OS/c14-11(20)8-5-16-19(7-8)12-10(6-15-9-1-2-9)18-3-4-21-13(18)17-12/h3-5,7,9,15H,1-2,6H2,(H2,14,20). The van der Waals surface area contributed by atoms with Crippen molar-refractivity contribution in [2.24, 2.45) is 5.73 Å². The summed E-state index contributed by atoms with van der Waals surface area (Å²) in [4.78, 5) is 16.7. The van der Waals surface area contributed by atoms with Crippen LogP contribution in [0.4, 0.5) is 0 Å². The zero-order valence-corrected chi connectivity index (χ0v) is 12.0. The van der Waals surface area contributed by atoms with Crippen molar-refractivity contribution in [3.63, 3.8) is 0 Å². The molecule has 3 aromatic rings. The molecule has 1 fully saturated rings. The number of nitrogens with one attached hydrogen (secondary N) is 1. The van der Waals surface area contributed by atoms with Crippen LogP contribution in [-0.2, 0) is 6.54 Å². The molecule has 1 saturated carbocycles. The summed E-state index contributed by atoms with van der Waals surface area (Å²) in [6.07, 6.45) is 7.55. The molecule has 108 valence electrons. The molecular weight excluding hydrogens is 288 g/mol. The topological polar surface area (TPSA) is 90.2 Å². The largest absolute Gasteiger partial charge is 0.366 e. The molecule has 3 aromatic heterocycles. The molecule has 0 bridgehead atoms. The number of thiazole rings is 1. The smallest absolute Gasteiger partial charge is 0.251 e. The summed E-state index contributed by atoms with van der Waals surface area (Å²) < 4.78 is 3.67. The van der Waals surface area contributed by atoms with E-state index in [1.54, 1.807) is 22.2 Å². The summed E-state index contributed by atoms with van der Waals surface area (Å²) >= 11 is 1.57. The number of hydrogen-bond donors (Lipinski definition) is 2. The molecule has 0 atom stereocenters. The van der Waals surface area contributed by atoms with Crippen LogP contribution in [0.25, 0.3) is 10.8 Å². The lowest BCUT2D eigenvalue weighted by Gasteiger charge is -2.05. The van der Waals surface area contributed by atoms with Gasteiger partial charge in [0.15, 0.2) is 10.8 Å². The average Bonchev–Trinajstić information content (AvgIpc) is 2.90. The van der Waals surface area contributed by atoms with Gasteiger partial charge in [-0.15, -0.1) is 11.3 Å². The first-order valence-electron chi connectivity index (χ1n) is 6.75. The molecule has 7 nitrogen and oxygen atoms in total. The summed E-state index contributed by atoms with van der Waals surface area (Å²) in [6.45, 7) is 0.726. The van der Waals surface area contributed by atoms with Gasteiger partial charge in [-0.25, -0.2) is 4.68 Å². The Balaban J connectivity index is 1.76. The van der Waals surface area contributed by atoms with Gasteiger partial charge < -0.3 is 11.1 Å². The second kappa shape index (κ2) is 4.68. The van der Waals surface area contributed by atoms with Crippen LogP contribution in [0.15, 0.2) is 24.0 Å². The molecule has 0 spiro atoms. The lowest BCUT2D eigenvalue weighted by Crippen LogP contribution is -2.18. The van der Waals surface area contributed by atoms with Crippen molar-refractivity contribution in [2.75, 3.05) is 0 Å². The fourth-order valence-corrected chi connectivity index (χ4v) is 2.99. The summed E-state index contributed by atoms with van der Waals surface area (Å²) in [5, 5.41) is 9.70. The van der Waals surface area contributed by atoms with Crippen molar-refractivity contribution in [3.8, 4) is 5.82 Å². The molecule has 0 radical (unpaired) electrons. The van der Waals surface area contributed by atoms with Gasteiger partial charge in [-0.1, -0.05) is 0 Å². The van der Waals surface area contributed by atoms with Gasteiger partial charge in [0, 0.05) is 30.4 Å². The van der Waals surface area contributed by atoms with Crippen LogP contribution in [0.2, 0.25) is 0 Å². The molecule has 0 aliphatic heterocycles. The predicted octanol–water partition coefficient (Wildman–Crippen LogP) is 0.932. The zero-order valence-electron chi connectivity index (χ0n) is 11.2. The van der Waals surface area contributed by atoms with Crippen LogP contribution in [-0.4, -0.2) is 31.1 Å². The van der Waals surface area contributed by atoms with E-state index in [1.807, 2.05) is 11.6 Å². The maximum Gasteiger partial charge on any atom is 0.251 e. The minimum absolute atomic E-state index is 0.382. The minimum atomic E-state index is -0.486. The van der Waals surface area contributed by atoms with E-state index in [1.165, 1.54) is 19.0 Å². The number of fused-ring (bicyclic) bond motifs is 1. The van der Waals surface area contributed by atoms with Crippen molar-refractivity contribution < 1.29 is 4.79 Å². The summed E-state index contributed by atoms with van der Waals surface area (Å²) in [7, 11) is 0. The number of aromatic nitrogens is 4. The van der Waals surface area contributed by atoms with E-state index in [4.69, 9.17) is 5.73 Å². The number of hydrogen-bond acceptors (Lipinski definition) is 5. The molecule has 1 aliphatic carbocycles. The van der Waals surface area contributed by atoms with Crippen LogP contribution in [0, 0.1) is 0 Å². The van der Waals surface area contributed by atoms with Crippen molar-refractivity contribution >= 4 is 22.2 Å². The Kier molecular flexibility index (Phi) is 2.79. The Morgan fingerprint density at radius 1 is 1.52 bits per heavy atom. The lowest BCUT2D eigenvalue weighted by atomic mass is 10.3. The molecule has 8 heteroatoms. The quantitative estimate of drug-likeness (QED) is 0.733. The van der Waals surface area contributed by atoms with E-state index < -0.39 is 5.91 Å². The summed E-state index contributed by atoms with van der Waals surface area (Å²) in [5.41, 5.74) is 6.70. The third kappa shape index (κ3) is 2.22. The van der Waals surface area contributed by atoms with Crippen molar-refractivity contribution in [1.82, 2.24) is 24.5 Å². The number of amides is 1. The molecule has 0 aromatic carbocycles. The molecule has 1 amide bonds. The van der Waals surface area contributed by atoms with Gasteiger partial charge in [-0.05, 0) is 12.8 Å². The molecule has 4 rings (SSSR count). The van der Waals surface area contributed by atoms with Gasteiger partial charge in [0.1, 0.15) is 0 Å². The van der Waals surface area contributed by atoms with E-state index in [9.17, 15) is 4.79 Å². The number of rotatable bonds is 5. The van der Waals surface area contributed by atoms with Gasteiger partial charge in [0.2, 0.25) is 0 Å². The number of carbonyl (C=O) groups excluding carboxylic acids is 1. The van der Waals surface area contributed by atoms with Gasteiger partial charge >= 0.3 is 0 Å². The Hall–Kier alpha value is -2.19. The minimum Gasteiger partial charge on any atom is -0.366 e. The van der Waals surface area contributed by atoms with Crippen LogP contribution in [0.1, 0.15) is 28.9 Å². The molecule has 0 unspecified atom stereocenters. The third-order valence-electron chi connectivity index (χ3n) is 3.56. The second-order valence-corrected chi connectivity index (χ2v) is 6.00. The van der Waals surface area contributed by atoms with Gasteiger partial charge in [-0.3, -0.25) is 9.20 Å². The van der Waals surface area contributed by atoms with Crippen LogP contribution in [0.3, 0.4) is 0 Å².